The Kier molecular flexibility index (Phi) is 2.78. The number of nitrogens with zero attached hydrogens (tertiary/aromatic N) is 1. The van der Waals surface area contributed by atoms with Crippen molar-refractivity contribution in [3.63, 3.8) is 0 Å². The van der Waals surface area contributed by atoms with Crippen LogP contribution in [0, 0.1) is 0 Å². The predicted octanol–water partition coefficient (Wildman–Crippen LogP) is 2.88. The van der Waals surface area contributed by atoms with E-state index in [0.29, 0.717) is 5.57 Å². The van der Waals surface area contributed by atoms with Crippen LogP contribution in [0.1, 0.15) is 0 Å². The molecule has 1 heterocycles. The Morgan fingerprint density at radius 1 is 1.50 bits per heavy atom. The third kappa shape index (κ3) is 1.75. The van der Waals surface area contributed by atoms with Gasteiger partial charge in [0.15, 0.2) is 5.50 Å². The molecule has 0 radical (unpaired) electrons. The molecule has 0 saturated carbocycles. The van der Waals surface area contributed by atoms with Gasteiger partial charge in [-0.15, -0.1) is 0 Å². The van der Waals surface area contributed by atoms with Gasteiger partial charge in [0.05, 0.1) is 0 Å². The van der Waals surface area contributed by atoms with Crippen LogP contribution in [0.25, 0.3) is 0 Å². The van der Waals surface area contributed by atoms with Crippen molar-refractivity contribution in [3.05, 3.63) is 22.2 Å². The maximum Gasteiger partial charge on any atom is 0.151 e. The molecule has 0 N–H and O–H groups in total. The first-order valence-electron chi connectivity index (χ1n) is 2.61. The number of allylic oxidation sites excluding steroid dienone is 1. The SMILES string of the molecule is ClC(Cl)=C1C=CC=NC1Cl. The number of aliphatic imine (C=N–C) groups is 1. The highest BCUT2D eigenvalue weighted by atomic mass is 35.5. The van der Waals surface area contributed by atoms with E-state index in [1.54, 1.807) is 18.4 Å². The number of hydrogen-bond donors (Lipinski definition) is 0. The normalized spacial score (nSPS) is 23.5. The Hall–Kier alpha value is 0.0200. The van der Waals surface area contributed by atoms with E-state index in [9.17, 15) is 0 Å². The molecule has 0 amide bonds. The minimum absolute atomic E-state index is 0.174. The van der Waals surface area contributed by atoms with Crippen molar-refractivity contribution in [1.29, 1.82) is 0 Å². The van der Waals surface area contributed by atoms with Gasteiger partial charge in [-0.1, -0.05) is 40.9 Å². The number of halogens is 3. The fourth-order valence-electron chi connectivity index (χ4n) is 0.585. The fraction of sp³-hybridized carbons (Fsp3) is 0.167. The third-order valence-corrected chi connectivity index (χ3v) is 1.84. The lowest BCUT2D eigenvalue weighted by Crippen LogP contribution is -2.01. The second-order valence-corrected chi connectivity index (χ2v) is 3.07. The lowest BCUT2D eigenvalue weighted by molar-refractivity contribution is 1.08. The predicted molar refractivity (Wildman–Crippen MR) is 46.0 cm³/mol. The Morgan fingerprint density at radius 3 is 2.60 bits per heavy atom. The summed E-state index contributed by atoms with van der Waals surface area (Å²) in [4.78, 5) is 3.86. The Bertz CT molecular complexity index is 213. The number of dihydropyridines is 1. The van der Waals surface area contributed by atoms with Crippen LogP contribution in [0.2, 0.25) is 0 Å². The van der Waals surface area contributed by atoms with Crippen LogP contribution >= 0.6 is 34.8 Å². The van der Waals surface area contributed by atoms with E-state index in [2.05, 4.69) is 4.99 Å². The molecule has 1 rings (SSSR count). The quantitative estimate of drug-likeness (QED) is 0.417. The molecule has 0 bridgehead atoms. The van der Waals surface area contributed by atoms with E-state index in [-0.39, 0.29) is 4.49 Å². The van der Waals surface area contributed by atoms with Gasteiger partial charge in [-0.25, -0.2) is 0 Å². The van der Waals surface area contributed by atoms with Crippen molar-refractivity contribution in [2.75, 3.05) is 0 Å². The summed E-state index contributed by atoms with van der Waals surface area (Å²) in [5.41, 5.74) is 0.211. The smallest absolute Gasteiger partial charge is 0.151 e. The van der Waals surface area contributed by atoms with Gasteiger partial charge in [0.2, 0.25) is 0 Å². The molecular weight excluding hydrogens is 192 g/mol. The molecule has 1 unspecified atom stereocenters. The van der Waals surface area contributed by atoms with Crippen LogP contribution in [0.5, 0.6) is 0 Å². The molecule has 1 atom stereocenters. The maximum absolute atomic E-state index is 5.70. The molecule has 0 aromatic rings. The summed E-state index contributed by atoms with van der Waals surface area (Å²) in [6, 6.07) is 0. The van der Waals surface area contributed by atoms with Gasteiger partial charge in [-0.05, 0) is 6.08 Å². The topological polar surface area (TPSA) is 12.4 Å². The first-order chi connectivity index (χ1) is 4.72. The van der Waals surface area contributed by atoms with Crippen molar-refractivity contribution < 1.29 is 0 Å². The largest absolute Gasteiger partial charge is 0.269 e. The summed E-state index contributed by atoms with van der Waals surface area (Å²) in [6.07, 6.45) is 5.08. The Morgan fingerprint density at radius 2 is 2.20 bits per heavy atom. The van der Waals surface area contributed by atoms with E-state index < -0.39 is 5.50 Å². The molecule has 0 fully saturated rings. The van der Waals surface area contributed by atoms with Crippen LogP contribution in [-0.4, -0.2) is 11.7 Å². The Balaban J connectivity index is 2.91. The molecule has 1 nitrogen and oxygen atoms in total. The van der Waals surface area contributed by atoms with Gasteiger partial charge in [0.25, 0.3) is 0 Å². The van der Waals surface area contributed by atoms with Crippen molar-refractivity contribution in [1.82, 2.24) is 0 Å². The molecule has 0 aromatic heterocycles. The molecule has 1 aliphatic heterocycles. The number of alkyl halides is 1. The summed E-state index contributed by atoms with van der Waals surface area (Å²) in [7, 11) is 0. The van der Waals surface area contributed by atoms with E-state index >= 15 is 0 Å². The monoisotopic (exact) mass is 195 g/mol. The molecule has 0 saturated heterocycles. The van der Waals surface area contributed by atoms with Crippen molar-refractivity contribution in [2.24, 2.45) is 4.99 Å². The molecule has 0 aromatic carbocycles. The van der Waals surface area contributed by atoms with E-state index in [1.165, 1.54) is 0 Å². The Labute approximate surface area is 74.0 Å². The molecular formula is C6H4Cl3N. The minimum atomic E-state index is -0.435. The van der Waals surface area contributed by atoms with Gasteiger partial charge in [0.1, 0.15) is 4.49 Å². The van der Waals surface area contributed by atoms with Gasteiger partial charge < -0.3 is 0 Å². The summed E-state index contributed by atoms with van der Waals surface area (Å²) >= 11 is 16.7. The zero-order valence-electron chi connectivity index (χ0n) is 4.89. The van der Waals surface area contributed by atoms with Crippen molar-refractivity contribution in [3.8, 4) is 0 Å². The lowest BCUT2D eigenvalue weighted by Gasteiger charge is -2.07. The second kappa shape index (κ2) is 3.42. The highest BCUT2D eigenvalue weighted by Gasteiger charge is 2.11. The first-order valence-corrected chi connectivity index (χ1v) is 3.80. The molecule has 4 heteroatoms. The van der Waals surface area contributed by atoms with E-state index in [4.69, 9.17) is 34.8 Å². The molecule has 0 spiro atoms. The maximum atomic E-state index is 5.70. The van der Waals surface area contributed by atoms with Crippen molar-refractivity contribution in [2.45, 2.75) is 5.50 Å². The first kappa shape index (κ1) is 8.12. The third-order valence-electron chi connectivity index (χ3n) is 1.05. The number of rotatable bonds is 0. The highest BCUT2D eigenvalue weighted by molar-refractivity contribution is 6.56. The second-order valence-electron chi connectivity index (χ2n) is 1.71. The van der Waals surface area contributed by atoms with Crippen LogP contribution in [0.4, 0.5) is 0 Å². The van der Waals surface area contributed by atoms with Gasteiger partial charge >= 0.3 is 0 Å². The standard InChI is InChI=1S/C6H4Cl3N/c7-5(8)4-2-1-3-10-6(4)9/h1-3,6H. The fourth-order valence-corrected chi connectivity index (χ4v) is 1.28. The molecule has 10 heavy (non-hydrogen) atoms. The summed E-state index contributed by atoms with van der Waals surface area (Å²) in [5, 5.41) is 0. The van der Waals surface area contributed by atoms with Crippen LogP contribution in [0.3, 0.4) is 0 Å². The van der Waals surface area contributed by atoms with Crippen LogP contribution < -0.4 is 0 Å². The zero-order chi connectivity index (χ0) is 7.56. The van der Waals surface area contributed by atoms with Crippen LogP contribution in [0.15, 0.2) is 27.2 Å². The summed E-state index contributed by atoms with van der Waals surface area (Å²) in [5.74, 6) is 0. The van der Waals surface area contributed by atoms with Gasteiger partial charge in [-0.3, -0.25) is 4.99 Å². The summed E-state index contributed by atoms with van der Waals surface area (Å²) < 4.78 is 0.174. The average Bonchev–Trinajstić information content (AvgIpc) is 1.88. The lowest BCUT2D eigenvalue weighted by atomic mass is 10.2. The number of hydrogen-bond acceptors (Lipinski definition) is 1. The zero-order valence-corrected chi connectivity index (χ0v) is 7.16. The summed E-state index contributed by atoms with van der Waals surface area (Å²) in [6.45, 7) is 0. The van der Waals surface area contributed by atoms with Crippen LogP contribution in [-0.2, 0) is 0 Å². The highest BCUT2D eigenvalue weighted by Crippen LogP contribution is 2.24. The van der Waals surface area contributed by atoms with Crippen molar-refractivity contribution >= 4 is 41.0 Å². The molecule has 0 aliphatic carbocycles. The minimum Gasteiger partial charge on any atom is -0.269 e. The van der Waals surface area contributed by atoms with Gasteiger partial charge in [-0.2, -0.15) is 0 Å². The average molecular weight is 196 g/mol. The van der Waals surface area contributed by atoms with E-state index in [1.807, 2.05) is 0 Å². The van der Waals surface area contributed by atoms with Gasteiger partial charge in [0, 0.05) is 11.8 Å². The molecule has 54 valence electrons. The molecule has 1 aliphatic rings. The van der Waals surface area contributed by atoms with E-state index in [0.717, 1.165) is 0 Å².